The number of hydrogen-bond donors (Lipinski definition) is 1. The summed E-state index contributed by atoms with van der Waals surface area (Å²) in [6.45, 7) is 21.5. The molecule has 0 amide bonds. The van der Waals surface area contributed by atoms with Crippen LogP contribution in [0.25, 0.3) is 0 Å². The average molecular weight is 546 g/mol. The predicted molar refractivity (Wildman–Crippen MR) is 136 cm³/mol. The SMILES string of the molecule is CC1(C)O[C@@]2(C#C[Si](C)(C)C)C[C@@H]1[C@@H](O)C[C@]21C(=O)O[C@H](CBr)[C@H]1O[Si](C)(C)C(C)(C)C. The van der Waals surface area contributed by atoms with Gasteiger partial charge in [-0.05, 0) is 44.8 Å². The van der Waals surface area contributed by atoms with E-state index in [0.717, 1.165) is 0 Å². The van der Waals surface area contributed by atoms with Gasteiger partial charge in [0.05, 0.1) is 11.7 Å². The molecule has 2 bridgehead atoms. The summed E-state index contributed by atoms with van der Waals surface area (Å²) in [4.78, 5) is 13.8. The molecule has 3 rings (SSSR count). The van der Waals surface area contributed by atoms with Crippen LogP contribution >= 0.6 is 15.9 Å². The van der Waals surface area contributed by atoms with Crippen molar-refractivity contribution in [2.75, 3.05) is 5.33 Å². The van der Waals surface area contributed by atoms with Crippen LogP contribution in [0.3, 0.4) is 0 Å². The molecule has 0 aromatic carbocycles. The molecular formula is C24H41BrO5Si2. The van der Waals surface area contributed by atoms with Gasteiger partial charge in [-0.2, -0.15) is 0 Å². The number of carbonyl (C=O) groups is 1. The first-order valence-electron chi connectivity index (χ1n) is 11.7. The van der Waals surface area contributed by atoms with Crippen LogP contribution in [0.4, 0.5) is 0 Å². The van der Waals surface area contributed by atoms with Crippen molar-refractivity contribution >= 4 is 38.3 Å². The summed E-state index contributed by atoms with van der Waals surface area (Å²) in [7, 11) is -4.04. The largest absolute Gasteiger partial charge is 0.458 e. The molecule has 32 heavy (non-hydrogen) atoms. The molecule has 0 unspecified atom stereocenters. The van der Waals surface area contributed by atoms with Gasteiger partial charge >= 0.3 is 5.97 Å². The van der Waals surface area contributed by atoms with Crippen molar-refractivity contribution in [1.29, 1.82) is 0 Å². The maximum Gasteiger partial charge on any atom is 0.319 e. The topological polar surface area (TPSA) is 65.0 Å². The monoisotopic (exact) mass is 544 g/mol. The molecule has 1 saturated carbocycles. The lowest BCUT2D eigenvalue weighted by Gasteiger charge is -2.49. The summed E-state index contributed by atoms with van der Waals surface area (Å²) in [6.07, 6.45) is -0.890. The van der Waals surface area contributed by atoms with E-state index in [1.54, 1.807) is 0 Å². The molecule has 3 fully saturated rings. The first-order valence-corrected chi connectivity index (χ1v) is 19.2. The van der Waals surface area contributed by atoms with Gasteiger partial charge in [0, 0.05) is 11.2 Å². The molecular weight excluding hydrogens is 504 g/mol. The average Bonchev–Trinajstić information content (AvgIpc) is 3.01. The van der Waals surface area contributed by atoms with Crippen molar-refractivity contribution in [1.82, 2.24) is 0 Å². The van der Waals surface area contributed by atoms with Gasteiger partial charge in [0.15, 0.2) is 8.32 Å². The van der Waals surface area contributed by atoms with Crippen LogP contribution in [0, 0.1) is 22.8 Å². The van der Waals surface area contributed by atoms with Gasteiger partial charge in [-0.25, -0.2) is 0 Å². The van der Waals surface area contributed by atoms with Crippen molar-refractivity contribution < 1.29 is 23.8 Å². The van der Waals surface area contributed by atoms with Crippen LogP contribution in [-0.2, 0) is 18.7 Å². The van der Waals surface area contributed by atoms with Gasteiger partial charge in [-0.3, -0.25) is 4.79 Å². The summed E-state index contributed by atoms with van der Waals surface area (Å²) < 4.78 is 19.7. The number of carbonyl (C=O) groups excluding carboxylic acids is 1. The third-order valence-corrected chi connectivity index (χ3v) is 14.0. The van der Waals surface area contributed by atoms with Crippen molar-refractivity contribution in [3.8, 4) is 11.5 Å². The summed E-state index contributed by atoms with van der Waals surface area (Å²) in [6, 6.07) is 0. The number of ether oxygens (including phenoxy) is 2. The Morgan fingerprint density at radius 3 is 2.28 bits per heavy atom. The number of halogens is 1. The van der Waals surface area contributed by atoms with Crippen LogP contribution < -0.4 is 0 Å². The Labute approximate surface area is 204 Å². The molecule has 1 N–H and O–H groups in total. The lowest BCUT2D eigenvalue weighted by molar-refractivity contribution is -0.174. The van der Waals surface area contributed by atoms with Gasteiger partial charge in [0.25, 0.3) is 0 Å². The van der Waals surface area contributed by atoms with E-state index in [-0.39, 0.29) is 23.3 Å². The maximum absolute atomic E-state index is 13.8. The quantitative estimate of drug-likeness (QED) is 0.237. The van der Waals surface area contributed by atoms with E-state index in [0.29, 0.717) is 11.8 Å². The molecule has 1 aliphatic carbocycles. The Morgan fingerprint density at radius 2 is 1.78 bits per heavy atom. The second-order valence-electron chi connectivity index (χ2n) is 13.0. The third kappa shape index (κ3) is 4.09. The summed E-state index contributed by atoms with van der Waals surface area (Å²) in [5.41, 5.74) is 0.726. The fraction of sp³-hybridized carbons (Fsp3) is 0.875. The lowest BCUT2D eigenvalue weighted by atomic mass is 9.57. The molecule has 2 saturated heterocycles. The molecule has 3 aliphatic rings. The van der Waals surface area contributed by atoms with Crippen molar-refractivity contribution in [3.63, 3.8) is 0 Å². The highest BCUT2D eigenvalue weighted by Gasteiger charge is 2.77. The first kappa shape index (κ1) is 26.4. The number of aliphatic hydroxyl groups excluding tert-OH is 1. The highest BCUT2D eigenvalue weighted by atomic mass is 79.9. The van der Waals surface area contributed by atoms with Gasteiger partial charge < -0.3 is 19.0 Å². The second kappa shape index (κ2) is 7.92. The Bertz CT molecular complexity index is 834. The normalized spacial score (nSPS) is 39.1. The van der Waals surface area contributed by atoms with Crippen LogP contribution in [-0.4, -0.2) is 62.3 Å². The molecule has 0 radical (unpaired) electrons. The summed E-state index contributed by atoms with van der Waals surface area (Å²) in [5, 5.41) is 11.7. The highest BCUT2D eigenvalue weighted by Crippen LogP contribution is 2.64. The number of aliphatic hydroxyl groups is 1. The summed E-state index contributed by atoms with van der Waals surface area (Å²) >= 11 is 3.56. The van der Waals surface area contributed by atoms with Crippen LogP contribution in [0.15, 0.2) is 0 Å². The molecule has 1 spiro atoms. The minimum absolute atomic E-state index is 0.0422. The Hall–Kier alpha value is -0.176. The van der Waals surface area contributed by atoms with Gasteiger partial charge in [-0.15, -0.1) is 5.54 Å². The second-order valence-corrected chi connectivity index (χ2v) is 23.1. The fourth-order valence-electron chi connectivity index (χ4n) is 5.22. The molecule has 0 aromatic rings. The maximum atomic E-state index is 13.8. The number of rotatable bonds is 3. The van der Waals surface area contributed by atoms with E-state index in [9.17, 15) is 9.90 Å². The number of fused-ring (bicyclic) bond motifs is 3. The third-order valence-electron chi connectivity index (χ3n) is 8.02. The zero-order chi connectivity index (χ0) is 24.5. The van der Waals surface area contributed by atoms with Crippen molar-refractivity contribution in [3.05, 3.63) is 0 Å². The lowest BCUT2D eigenvalue weighted by Crippen LogP contribution is -2.63. The zero-order valence-corrected chi connectivity index (χ0v) is 25.0. The molecule has 2 heterocycles. The van der Waals surface area contributed by atoms with Crippen molar-refractivity contribution in [2.45, 2.75) is 115 Å². The van der Waals surface area contributed by atoms with E-state index >= 15 is 0 Å². The van der Waals surface area contributed by atoms with E-state index < -0.39 is 51.3 Å². The number of cyclic esters (lactones) is 1. The molecule has 2 aliphatic heterocycles. The molecule has 5 nitrogen and oxygen atoms in total. The van der Waals surface area contributed by atoms with Crippen LogP contribution in [0.1, 0.15) is 47.5 Å². The van der Waals surface area contributed by atoms with Crippen molar-refractivity contribution in [2.24, 2.45) is 11.3 Å². The number of esters is 1. The Balaban J connectivity index is 2.24. The molecule has 8 heteroatoms. The number of hydrogen-bond acceptors (Lipinski definition) is 5. The number of alkyl halides is 1. The van der Waals surface area contributed by atoms with Gasteiger partial charge in [0.2, 0.25) is 0 Å². The summed E-state index contributed by atoms with van der Waals surface area (Å²) in [5.74, 6) is 3.07. The fourth-order valence-corrected chi connectivity index (χ4v) is 7.61. The first-order chi connectivity index (χ1) is 14.3. The van der Waals surface area contributed by atoms with Gasteiger partial charge in [-0.1, -0.05) is 62.3 Å². The zero-order valence-electron chi connectivity index (χ0n) is 21.4. The highest BCUT2D eigenvalue weighted by molar-refractivity contribution is 9.09. The van der Waals surface area contributed by atoms with E-state index in [1.807, 2.05) is 13.8 Å². The molecule has 6 atom stereocenters. The van der Waals surface area contributed by atoms with Gasteiger partial charge in [0.1, 0.15) is 31.3 Å². The standard InChI is InChI=1S/C24H41BrO5Si2/c1-21(2,3)32(9,10)29-19-18(15-25)28-20(27)24(19)14-17(26)16-13-23(24,30-22(16,4)5)11-12-31(6,7)8/h16-19,26H,13-15H2,1-10H3/t16-,17+,18-,19-,23+,24+/m1/s1. The minimum Gasteiger partial charge on any atom is -0.458 e. The molecule has 0 aromatic heterocycles. The predicted octanol–water partition coefficient (Wildman–Crippen LogP) is 4.88. The minimum atomic E-state index is -2.28. The Morgan fingerprint density at radius 1 is 1.19 bits per heavy atom. The van der Waals surface area contributed by atoms with Crippen LogP contribution in [0.2, 0.25) is 37.8 Å². The van der Waals surface area contributed by atoms with E-state index in [1.165, 1.54) is 0 Å². The smallest absolute Gasteiger partial charge is 0.319 e. The van der Waals surface area contributed by atoms with Crippen LogP contribution in [0.5, 0.6) is 0 Å². The molecule has 182 valence electrons. The van der Waals surface area contributed by atoms with E-state index in [4.69, 9.17) is 13.9 Å². The Kier molecular flexibility index (Phi) is 6.54. The van der Waals surface area contributed by atoms with E-state index in [2.05, 4.69) is 80.9 Å².